The molecule has 0 radical (unpaired) electrons. The second-order valence-corrected chi connectivity index (χ2v) is 5.31. The predicted molar refractivity (Wildman–Crippen MR) is 96.8 cm³/mol. The van der Waals surface area contributed by atoms with Gasteiger partial charge in [0.25, 0.3) is 0 Å². The molecule has 134 valence electrons. The Morgan fingerprint density at radius 3 is 2.32 bits per heavy atom. The van der Waals surface area contributed by atoms with E-state index in [4.69, 9.17) is 5.73 Å². The number of rotatable bonds is 11. The smallest absolute Gasteiger partial charge is 0.370 e. The third kappa shape index (κ3) is 17.8. The largest absolute Gasteiger partial charge is 0.401 e. The third-order valence-electron chi connectivity index (χ3n) is 3.04. The van der Waals surface area contributed by atoms with Gasteiger partial charge < -0.3 is 11.1 Å². The van der Waals surface area contributed by atoms with Gasteiger partial charge in [0.05, 0.1) is 6.54 Å². The Kier molecular flexibility index (Phi) is 15.7. The Morgan fingerprint density at radius 2 is 1.73 bits per heavy atom. The molecule has 3 N–H and O–H groups in total. The molecule has 0 heterocycles. The standard InChI is InChI=1S/C14H29F3N4.HI/c1-3-4-5-6-7-8-9-19-13(18)20-10-11-21(2)12-14(15,16)17;/h3-12H2,1-2H3,(H3,18,19,20);1H. The number of hydrogen-bond donors (Lipinski definition) is 2. The van der Waals surface area contributed by atoms with Crippen LogP contribution in [0.15, 0.2) is 4.99 Å². The number of guanidine groups is 1. The van der Waals surface area contributed by atoms with Gasteiger partial charge in [0.2, 0.25) is 0 Å². The number of halogens is 4. The van der Waals surface area contributed by atoms with Crippen molar-refractivity contribution < 1.29 is 13.2 Å². The highest BCUT2D eigenvalue weighted by Gasteiger charge is 2.28. The van der Waals surface area contributed by atoms with Gasteiger partial charge in [-0.1, -0.05) is 39.0 Å². The average Bonchev–Trinajstić information content (AvgIpc) is 2.35. The summed E-state index contributed by atoms with van der Waals surface area (Å²) in [7, 11) is 1.43. The molecular formula is C14H30F3IN4. The number of nitrogens with two attached hydrogens (primary N) is 1. The minimum Gasteiger partial charge on any atom is -0.370 e. The number of aliphatic imine (C=N–C) groups is 1. The molecule has 0 aromatic carbocycles. The molecule has 0 aromatic rings. The van der Waals surface area contributed by atoms with Crippen LogP contribution in [0.1, 0.15) is 45.4 Å². The Labute approximate surface area is 149 Å². The molecule has 8 heteroatoms. The molecule has 0 fully saturated rings. The van der Waals surface area contributed by atoms with E-state index in [1.807, 2.05) is 0 Å². The van der Waals surface area contributed by atoms with Crippen molar-refractivity contribution in [2.24, 2.45) is 10.7 Å². The molecule has 0 unspecified atom stereocenters. The third-order valence-corrected chi connectivity index (χ3v) is 3.04. The number of likely N-dealkylation sites (N-methyl/N-ethyl adjacent to an activating group) is 1. The summed E-state index contributed by atoms with van der Waals surface area (Å²) in [6.07, 6.45) is 2.98. The van der Waals surface area contributed by atoms with Crippen LogP contribution in [0.4, 0.5) is 13.2 Å². The summed E-state index contributed by atoms with van der Waals surface area (Å²) in [5.41, 5.74) is 5.65. The van der Waals surface area contributed by atoms with Crippen LogP contribution >= 0.6 is 24.0 Å². The Balaban J connectivity index is 0. The Hall–Kier alpha value is -0.250. The van der Waals surface area contributed by atoms with E-state index in [9.17, 15) is 13.2 Å². The van der Waals surface area contributed by atoms with E-state index in [2.05, 4.69) is 17.2 Å². The lowest BCUT2D eigenvalue weighted by atomic mass is 10.1. The van der Waals surface area contributed by atoms with Gasteiger partial charge in [-0.2, -0.15) is 13.2 Å². The quantitative estimate of drug-likeness (QED) is 0.225. The summed E-state index contributed by atoms with van der Waals surface area (Å²) in [5, 5.41) is 2.83. The monoisotopic (exact) mass is 438 g/mol. The number of alkyl halides is 3. The molecule has 4 nitrogen and oxygen atoms in total. The van der Waals surface area contributed by atoms with Gasteiger partial charge in [0.15, 0.2) is 5.96 Å². The molecule has 0 spiro atoms. The van der Waals surface area contributed by atoms with Crippen molar-refractivity contribution >= 4 is 29.9 Å². The highest BCUT2D eigenvalue weighted by atomic mass is 127. The lowest BCUT2D eigenvalue weighted by molar-refractivity contribution is -0.142. The van der Waals surface area contributed by atoms with Crippen molar-refractivity contribution in [2.45, 2.75) is 51.6 Å². The van der Waals surface area contributed by atoms with E-state index in [1.54, 1.807) is 0 Å². The SMILES string of the molecule is CCCCCCCCN=C(N)NCCN(C)CC(F)(F)F.I. The maximum atomic E-state index is 12.1. The van der Waals surface area contributed by atoms with Crippen molar-refractivity contribution in [3.63, 3.8) is 0 Å². The van der Waals surface area contributed by atoms with Gasteiger partial charge in [-0.05, 0) is 13.5 Å². The summed E-state index contributed by atoms with van der Waals surface area (Å²) >= 11 is 0. The van der Waals surface area contributed by atoms with Gasteiger partial charge >= 0.3 is 6.18 Å². The van der Waals surface area contributed by atoms with Gasteiger partial charge in [-0.25, -0.2) is 0 Å². The van der Waals surface area contributed by atoms with Crippen molar-refractivity contribution in [3.05, 3.63) is 0 Å². The maximum absolute atomic E-state index is 12.1. The molecule has 0 aliphatic heterocycles. The number of nitrogens with zero attached hydrogens (tertiary/aromatic N) is 2. The van der Waals surface area contributed by atoms with Crippen LogP contribution < -0.4 is 11.1 Å². The fraction of sp³-hybridized carbons (Fsp3) is 0.929. The lowest BCUT2D eigenvalue weighted by Gasteiger charge is -2.18. The van der Waals surface area contributed by atoms with Crippen LogP contribution in [0.5, 0.6) is 0 Å². The first-order valence-electron chi connectivity index (χ1n) is 7.64. The van der Waals surface area contributed by atoms with Crippen LogP contribution in [0.2, 0.25) is 0 Å². The second-order valence-electron chi connectivity index (χ2n) is 5.31. The van der Waals surface area contributed by atoms with Crippen molar-refractivity contribution in [2.75, 3.05) is 33.2 Å². The van der Waals surface area contributed by atoms with Crippen molar-refractivity contribution in [1.82, 2.24) is 10.2 Å². The predicted octanol–water partition coefficient (Wildman–Crippen LogP) is 3.36. The molecule has 0 aromatic heterocycles. The molecule has 0 aliphatic carbocycles. The summed E-state index contributed by atoms with van der Waals surface area (Å²) in [6, 6.07) is 0. The highest BCUT2D eigenvalue weighted by molar-refractivity contribution is 14.0. The fourth-order valence-corrected chi connectivity index (χ4v) is 1.91. The molecule has 22 heavy (non-hydrogen) atoms. The molecule has 0 bridgehead atoms. The highest BCUT2D eigenvalue weighted by Crippen LogP contribution is 2.14. The molecular weight excluding hydrogens is 408 g/mol. The Bertz CT molecular complexity index is 286. The van der Waals surface area contributed by atoms with E-state index < -0.39 is 12.7 Å². The van der Waals surface area contributed by atoms with E-state index >= 15 is 0 Å². The van der Waals surface area contributed by atoms with Crippen molar-refractivity contribution in [1.29, 1.82) is 0 Å². The lowest BCUT2D eigenvalue weighted by Crippen LogP contribution is -2.40. The summed E-state index contributed by atoms with van der Waals surface area (Å²) in [6.45, 7) is 2.57. The van der Waals surface area contributed by atoms with Gasteiger partial charge in [0.1, 0.15) is 0 Å². The normalized spacial score (nSPS) is 12.4. The zero-order chi connectivity index (χ0) is 16.1. The molecule has 0 amide bonds. The molecule has 0 rings (SSSR count). The van der Waals surface area contributed by atoms with Crippen LogP contribution in [-0.4, -0.2) is 50.3 Å². The Morgan fingerprint density at radius 1 is 1.14 bits per heavy atom. The molecule has 0 saturated carbocycles. The summed E-state index contributed by atoms with van der Waals surface area (Å²) in [4.78, 5) is 5.36. The summed E-state index contributed by atoms with van der Waals surface area (Å²) in [5.74, 6) is 0.309. The first-order chi connectivity index (χ1) is 9.85. The minimum absolute atomic E-state index is 0. The fourth-order valence-electron chi connectivity index (χ4n) is 1.91. The molecule has 0 aliphatic rings. The second kappa shape index (κ2) is 14.3. The number of nitrogens with one attached hydrogen (secondary N) is 1. The van der Waals surface area contributed by atoms with E-state index in [-0.39, 0.29) is 30.5 Å². The van der Waals surface area contributed by atoms with Gasteiger partial charge in [-0.15, -0.1) is 24.0 Å². The zero-order valence-electron chi connectivity index (χ0n) is 13.6. The first-order valence-corrected chi connectivity index (χ1v) is 7.64. The minimum atomic E-state index is -4.16. The van der Waals surface area contributed by atoms with E-state index in [0.29, 0.717) is 19.0 Å². The number of unbranched alkanes of at least 4 members (excludes halogenated alkanes) is 5. The molecule has 0 saturated heterocycles. The summed E-state index contributed by atoms with van der Waals surface area (Å²) < 4.78 is 36.3. The van der Waals surface area contributed by atoms with Crippen molar-refractivity contribution in [3.8, 4) is 0 Å². The molecule has 0 atom stereocenters. The van der Waals surface area contributed by atoms with Gasteiger partial charge in [-0.3, -0.25) is 9.89 Å². The van der Waals surface area contributed by atoms with E-state index in [0.717, 1.165) is 12.8 Å². The van der Waals surface area contributed by atoms with E-state index in [1.165, 1.54) is 37.6 Å². The first kappa shape index (κ1) is 24.0. The van der Waals surface area contributed by atoms with Crippen LogP contribution in [0.3, 0.4) is 0 Å². The van der Waals surface area contributed by atoms with Crippen LogP contribution in [0.25, 0.3) is 0 Å². The van der Waals surface area contributed by atoms with Gasteiger partial charge in [0, 0.05) is 19.6 Å². The van der Waals surface area contributed by atoms with Crippen LogP contribution in [-0.2, 0) is 0 Å². The zero-order valence-corrected chi connectivity index (χ0v) is 15.9. The topological polar surface area (TPSA) is 53.6 Å². The average molecular weight is 438 g/mol. The van der Waals surface area contributed by atoms with Crippen LogP contribution in [0, 0.1) is 0 Å². The maximum Gasteiger partial charge on any atom is 0.401 e. The number of hydrogen-bond acceptors (Lipinski definition) is 2.